The number of amides is 2. The molecule has 0 aliphatic rings. The minimum Gasteiger partial charge on any atom is -0.351 e. The lowest BCUT2D eigenvalue weighted by molar-refractivity contribution is -0.386. The highest BCUT2D eigenvalue weighted by Gasteiger charge is 2.22. The number of hydrogen-bond acceptors (Lipinski definition) is 6. The molecule has 0 aliphatic carbocycles. The molecule has 0 spiro atoms. The van der Waals surface area contributed by atoms with Crippen LogP contribution in [0, 0.1) is 24.0 Å². The van der Waals surface area contributed by atoms with E-state index in [1.54, 1.807) is 49.8 Å². The maximum absolute atomic E-state index is 12.7. The molecule has 0 unspecified atom stereocenters. The van der Waals surface area contributed by atoms with E-state index in [9.17, 15) is 19.7 Å². The van der Waals surface area contributed by atoms with E-state index in [0.29, 0.717) is 35.7 Å². The van der Waals surface area contributed by atoms with Crippen molar-refractivity contribution < 1.29 is 14.5 Å². The molecule has 168 valence electrons. The van der Waals surface area contributed by atoms with Crippen molar-refractivity contribution in [1.82, 2.24) is 24.9 Å². The standard InChI is InChI=1S/C21H25N7O4/c1-5-10-22-21(30)19-17(11-23-26(19)4)24-20(29)16-8-6-15(7-9-16)12-27-14(3)18(28(31)32)13(2)25-27/h6-9,11H,5,10,12H2,1-4H3,(H,22,30)(H,24,29). The molecule has 2 aromatic heterocycles. The lowest BCUT2D eigenvalue weighted by atomic mass is 10.1. The van der Waals surface area contributed by atoms with Crippen LogP contribution in [0.2, 0.25) is 0 Å². The van der Waals surface area contributed by atoms with E-state index in [1.807, 2.05) is 6.92 Å². The van der Waals surface area contributed by atoms with Gasteiger partial charge in [0.1, 0.15) is 17.1 Å². The third kappa shape index (κ3) is 4.66. The van der Waals surface area contributed by atoms with Crippen LogP contribution in [0.1, 0.15) is 51.1 Å². The number of hydrogen-bond donors (Lipinski definition) is 2. The summed E-state index contributed by atoms with van der Waals surface area (Å²) in [6.45, 7) is 6.07. The van der Waals surface area contributed by atoms with E-state index in [0.717, 1.165) is 12.0 Å². The van der Waals surface area contributed by atoms with Gasteiger partial charge in [-0.1, -0.05) is 19.1 Å². The van der Waals surface area contributed by atoms with Crippen molar-refractivity contribution >= 4 is 23.2 Å². The zero-order chi connectivity index (χ0) is 23.4. The van der Waals surface area contributed by atoms with Crippen molar-refractivity contribution in [1.29, 1.82) is 0 Å². The summed E-state index contributed by atoms with van der Waals surface area (Å²) in [7, 11) is 1.63. The van der Waals surface area contributed by atoms with Crippen LogP contribution in [-0.2, 0) is 13.6 Å². The second-order valence-electron chi connectivity index (χ2n) is 7.37. The van der Waals surface area contributed by atoms with E-state index >= 15 is 0 Å². The maximum atomic E-state index is 12.7. The molecular weight excluding hydrogens is 414 g/mol. The predicted molar refractivity (Wildman–Crippen MR) is 118 cm³/mol. The molecule has 0 aliphatic heterocycles. The van der Waals surface area contributed by atoms with Crippen molar-refractivity contribution in [2.45, 2.75) is 33.7 Å². The molecule has 0 saturated heterocycles. The first-order valence-electron chi connectivity index (χ1n) is 10.1. The number of rotatable bonds is 8. The Balaban J connectivity index is 1.72. The first kappa shape index (κ1) is 22.7. The van der Waals surface area contributed by atoms with Gasteiger partial charge in [0.05, 0.1) is 23.4 Å². The molecule has 3 rings (SSSR count). The average molecular weight is 439 g/mol. The lowest BCUT2D eigenvalue weighted by Gasteiger charge is -2.09. The van der Waals surface area contributed by atoms with Gasteiger partial charge >= 0.3 is 5.69 Å². The molecule has 32 heavy (non-hydrogen) atoms. The van der Waals surface area contributed by atoms with Gasteiger partial charge in [-0.25, -0.2) is 0 Å². The first-order valence-corrected chi connectivity index (χ1v) is 10.1. The molecule has 11 heteroatoms. The fourth-order valence-electron chi connectivity index (χ4n) is 3.36. The number of carbonyl (C=O) groups is 2. The number of nitrogens with zero attached hydrogens (tertiary/aromatic N) is 5. The van der Waals surface area contributed by atoms with Gasteiger partial charge in [0.25, 0.3) is 11.8 Å². The number of aromatic nitrogens is 4. The summed E-state index contributed by atoms with van der Waals surface area (Å²) in [5.41, 5.74) is 2.68. The van der Waals surface area contributed by atoms with Gasteiger partial charge in [-0.2, -0.15) is 10.2 Å². The van der Waals surface area contributed by atoms with Crippen LogP contribution in [-0.4, -0.2) is 42.8 Å². The second kappa shape index (κ2) is 9.41. The van der Waals surface area contributed by atoms with Crippen LogP contribution in [0.25, 0.3) is 0 Å². The molecule has 1 aromatic carbocycles. The van der Waals surface area contributed by atoms with Crippen LogP contribution >= 0.6 is 0 Å². The SMILES string of the molecule is CCCNC(=O)c1c(NC(=O)c2ccc(Cn3nc(C)c([N+](=O)[O-])c3C)cc2)cnn1C. The van der Waals surface area contributed by atoms with Crippen LogP contribution < -0.4 is 10.6 Å². The number of carbonyl (C=O) groups excluding carboxylic acids is 2. The van der Waals surface area contributed by atoms with E-state index in [2.05, 4.69) is 20.8 Å². The zero-order valence-corrected chi connectivity index (χ0v) is 18.4. The van der Waals surface area contributed by atoms with Gasteiger partial charge in [-0.15, -0.1) is 0 Å². The fourth-order valence-corrected chi connectivity index (χ4v) is 3.36. The summed E-state index contributed by atoms with van der Waals surface area (Å²) < 4.78 is 2.98. The summed E-state index contributed by atoms with van der Waals surface area (Å²) in [6.07, 6.45) is 2.23. The summed E-state index contributed by atoms with van der Waals surface area (Å²) >= 11 is 0. The third-order valence-electron chi connectivity index (χ3n) is 5.01. The minimum atomic E-state index is -0.434. The number of anilines is 1. The fraction of sp³-hybridized carbons (Fsp3) is 0.333. The third-order valence-corrected chi connectivity index (χ3v) is 5.01. The molecule has 2 heterocycles. The molecule has 2 N–H and O–H groups in total. The Morgan fingerprint density at radius 1 is 1.16 bits per heavy atom. The first-order chi connectivity index (χ1) is 15.2. The predicted octanol–water partition coefficient (Wildman–Crippen LogP) is 2.58. The smallest absolute Gasteiger partial charge is 0.312 e. The van der Waals surface area contributed by atoms with Crippen molar-refractivity contribution in [3.05, 3.63) is 68.8 Å². The largest absolute Gasteiger partial charge is 0.351 e. The Kier molecular flexibility index (Phi) is 6.67. The Hall–Kier alpha value is -4.02. The van der Waals surface area contributed by atoms with Crippen molar-refractivity contribution in [3.63, 3.8) is 0 Å². The Morgan fingerprint density at radius 2 is 1.84 bits per heavy atom. The van der Waals surface area contributed by atoms with Gasteiger partial charge in [-0.05, 0) is 38.0 Å². The average Bonchev–Trinajstić information content (AvgIpc) is 3.25. The molecular formula is C21H25N7O4. The van der Waals surface area contributed by atoms with Gasteiger partial charge in [0, 0.05) is 19.2 Å². The quantitative estimate of drug-likeness (QED) is 0.409. The van der Waals surface area contributed by atoms with E-state index in [1.165, 1.54) is 10.9 Å². The molecule has 2 amide bonds. The van der Waals surface area contributed by atoms with Gasteiger partial charge in [0.15, 0.2) is 0 Å². The highest BCUT2D eigenvalue weighted by molar-refractivity contribution is 6.08. The minimum absolute atomic E-state index is 0.0104. The second-order valence-corrected chi connectivity index (χ2v) is 7.37. The normalized spacial score (nSPS) is 10.8. The van der Waals surface area contributed by atoms with E-state index in [-0.39, 0.29) is 23.2 Å². The summed E-state index contributed by atoms with van der Waals surface area (Å²) in [5.74, 6) is -0.688. The number of nitro groups is 1. The maximum Gasteiger partial charge on any atom is 0.312 e. The molecule has 3 aromatic rings. The Labute approximate surface area is 184 Å². The summed E-state index contributed by atoms with van der Waals surface area (Å²) in [6, 6.07) is 6.82. The number of aryl methyl sites for hydroxylation is 2. The molecule has 0 atom stereocenters. The molecule has 11 nitrogen and oxygen atoms in total. The molecule has 0 saturated carbocycles. The van der Waals surface area contributed by atoms with Crippen LogP contribution in [0.15, 0.2) is 30.5 Å². The Bertz CT molecular complexity index is 1160. The zero-order valence-electron chi connectivity index (χ0n) is 18.4. The molecule has 0 bridgehead atoms. The van der Waals surface area contributed by atoms with Crippen molar-refractivity contribution in [3.8, 4) is 0 Å². The highest BCUT2D eigenvalue weighted by atomic mass is 16.6. The van der Waals surface area contributed by atoms with Crippen molar-refractivity contribution in [2.24, 2.45) is 7.05 Å². The van der Waals surface area contributed by atoms with Crippen LogP contribution in [0.3, 0.4) is 0 Å². The number of nitrogens with one attached hydrogen (secondary N) is 2. The molecule has 0 fully saturated rings. The highest BCUT2D eigenvalue weighted by Crippen LogP contribution is 2.23. The monoisotopic (exact) mass is 439 g/mol. The topological polar surface area (TPSA) is 137 Å². The van der Waals surface area contributed by atoms with Crippen LogP contribution in [0.4, 0.5) is 11.4 Å². The van der Waals surface area contributed by atoms with E-state index < -0.39 is 4.92 Å². The van der Waals surface area contributed by atoms with E-state index in [4.69, 9.17) is 0 Å². The summed E-state index contributed by atoms with van der Waals surface area (Å²) in [4.78, 5) is 35.8. The molecule has 0 radical (unpaired) electrons. The number of benzene rings is 1. The Morgan fingerprint density at radius 3 is 2.44 bits per heavy atom. The van der Waals surface area contributed by atoms with Crippen LogP contribution in [0.5, 0.6) is 0 Å². The lowest BCUT2D eigenvalue weighted by Crippen LogP contribution is -2.27. The van der Waals surface area contributed by atoms with Gasteiger partial charge in [0.2, 0.25) is 0 Å². The van der Waals surface area contributed by atoms with Crippen molar-refractivity contribution in [2.75, 3.05) is 11.9 Å². The summed E-state index contributed by atoms with van der Waals surface area (Å²) in [5, 5.41) is 25.0. The van der Waals surface area contributed by atoms with Gasteiger partial charge in [-0.3, -0.25) is 29.1 Å². The van der Waals surface area contributed by atoms with Gasteiger partial charge < -0.3 is 10.6 Å².